The Morgan fingerprint density at radius 3 is 2.13 bits per heavy atom. The molecule has 3 aliphatic rings. The lowest BCUT2D eigenvalue weighted by Crippen LogP contribution is -2.47. The van der Waals surface area contributed by atoms with Crippen molar-refractivity contribution >= 4 is 98.1 Å². The SMILES string of the molecule is CCNC(=S)N/N=C1\CCC(CC(=O)N2CCOCC2)\C1=N/NC(=S)N(CC)C1CC(=N\NC(=S)NC)/C(=N/NC(=S)NC)C1C. The van der Waals surface area contributed by atoms with Gasteiger partial charge in [-0.25, -0.2) is 0 Å². The quantitative estimate of drug-likeness (QED) is 0.129. The molecule has 15 nitrogen and oxygen atoms in total. The van der Waals surface area contributed by atoms with Crippen molar-refractivity contribution in [2.45, 2.75) is 52.5 Å². The fourth-order valence-electron chi connectivity index (χ4n) is 5.37. The Bertz CT molecular complexity index is 1270. The molecule has 19 heteroatoms. The monoisotopic (exact) mass is 711 g/mol. The number of carbonyl (C=O) groups excluding carboxylic acids is 1. The molecule has 0 radical (unpaired) electrons. The van der Waals surface area contributed by atoms with Crippen LogP contribution in [0.4, 0.5) is 0 Å². The number of amides is 1. The van der Waals surface area contributed by atoms with E-state index in [2.05, 4.69) is 64.8 Å². The van der Waals surface area contributed by atoms with E-state index in [1.165, 1.54) is 0 Å². The van der Waals surface area contributed by atoms with Crippen molar-refractivity contribution < 1.29 is 9.53 Å². The van der Waals surface area contributed by atoms with Crippen LogP contribution in [0.2, 0.25) is 0 Å². The van der Waals surface area contributed by atoms with Crippen LogP contribution in [0.3, 0.4) is 0 Å². The third-order valence-electron chi connectivity index (χ3n) is 7.83. The van der Waals surface area contributed by atoms with Crippen molar-refractivity contribution in [2.75, 3.05) is 53.5 Å². The largest absolute Gasteiger partial charge is 0.378 e. The summed E-state index contributed by atoms with van der Waals surface area (Å²) >= 11 is 21.6. The average molecular weight is 712 g/mol. The van der Waals surface area contributed by atoms with E-state index in [4.69, 9.17) is 58.7 Å². The molecular formula is C27H45N13O2S4. The first kappa shape index (κ1) is 37.3. The lowest BCUT2D eigenvalue weighted by atomic mass is 10.0. The lowest BCUT2D eigenvalue weighted by molar-refractivity contribution is -0.135. The van der Waals surface area contributed by atoms with Gasteiger partial charge < -0.3 is 30.5 Å². The Morgan fingerprint density at radius 1 is 0.891 bits per heavy atom. The number of nitrogens with one attached hydrogen (secondary N) is 7. The van der Waals surface area contributed by atoms with E-state index >= 15 is 0 Å². The van der Waals surface area contributed by atoms with Crippen LogP contribution in [0.5, 0.6) is 0 Å². The Hall–Kier alpha value is -3.13. The van der Waals surface area contributed by atoms with Gasteiger partial charge >= 0.3 is 0 Å². The normalized spacial score (nSPS) is 24.5. The van der Waals surface area contributed by atoms with E-state index in [0.717, 1.165) is 23.6 Å². The molecular weight excluding hydrogens is 667 g/mol. The summed E-state index contributed by atoms with van der Waals surface area (Å²) in [5, 5.41) is 28.8. The molecule has 3 unspecified atom stereocenters. The third-order valence-corrected chi connectivity index (χ3v) is 8.98. The molecule has 3 atom stereocenters. The topological polar surface area (TPSA) is 166 Å². The number of nitrogens with zero attached hydrogens (tertiary/aromatic N) is 6. The van der Waals surface area contributed by atoms with Crippen molar-refractivity contribution in [3.63, 3.8) is 0 Å². The molecule has 2 aliphatic carbocycles. The molecule has 3 fully saturated rings. The lowest BCUT2D eigenvalue weighted by Gasteiger charge is -2.32. The van der Waals surface area contributed by atoms with Gasteiger partial charge in [-0.3, -0.25) is 26.5 Å². The van der Waals surface area contributed by atoms with Crippen LogP contribution in [0.25, 0.3) is 0 Å². The predicted octanol–water partition coefficient (Wildman–Crippen LogP) is 0.346. The highest BCUT2D eigenvalue weighted by Gasteiger charge is 2.40. The van der Waals surface area contributed by atoms with Crippen LogP contribution >= 0.6 is 48.9 Å². The van der Waals surface area contributed by atoms with Crippen LogP contribution in [0, 0.1) is 11.8 Å². The van der Waals surface area contributed by atoms with Gasteiger partial charge in [0.2, 0.25) is 5.91 Å². The summed E-state index contributed by atoms with van der Waals surface area (Å²) in [4.78, 5) is 17.1. The molecule has 0 aromatic carbocycles. The van der Waals surface area contributed by atoms with E-state index in [-0.39, 0.29) is 23.8 Å². The van der Waals surface area contributed by atoms with Gasteiger partial charge in [-0.2, -0.15) is 20.4 Å². The standard InChI is InChI=1S/C27H45N13O2S4/c1-6-30-26(45)37-31-18-9-8-17(14-21(41)39-10-12-42-13-11-39)23(18)34-38-27(46)40(7-2)20-15-19(32-35-24(43)28-4)22(16(20)3)33-36-25(44)29-5/h16-17,20H,6-15H2,1-5H3,(H,38,46)(H2,28,35,43)(H2,29,36,44)(H2,30,37,45)/b31-18+,32-19+,33-22+,34-23+. The number of carbonyl (C=O) groups is 1. The van der Waals surface area contributed by atoms with Gasteiger partial charge in [0.15, 0.2) is 20.4 Å². The first-order valence-electron chi connectivity index (χ1n) is 15.3. The Balaban J connectivity index is 1.83. The molecule has 1 heterocycles. The maximum atomic E-state index is 13.2. The van der Waals surface area contributed by atoms with Gasteiger partial charge in [0, 0.05) is 71.0 Å². The fraction of sp³-hybridized carbons (Fsp3) is 0.667. The summed E-state index contributed by atoms with van der Waals surface area (Å²) in [5.74, 6) is -0.115. The average Bonchev–Trinajstić information content (AvgIpc) is 3.59. The second kappa shape index (κ2) is 18.9. The number of rotatable bonds is 9. The highest BCUT2D eigenvalue weighted by Crippen LogP contribution is 2.28. The molecule has 1 aliphatic heterocycles. The molecule has 0 bridgehead atoms. The molecule has 2 saturated carbocycles. The minimum absolute atomic E-state index is 0.0676. The molecule has 46 heavy (non-hydrogen) atoms. The summed E-state index contributed by atoms with van der Waals surface area (Å²) < 4.78 is 5.42. The van der Waals surface area contributed by atoms with Crippen molar-refractivity contribution in [1.82, 2.24) is 47.5 Å². The Labute approximate surface area is 292 Å². The van der Waals surface area contributed by atoms with Crippen LogP contribution in [-0.2, 0) is 9.53 Å². The number of morpholine rings is 1. The molecule has 7 N–H and O–H groups in total. The first-order chi connectivity index (χ1) is 22.1. The number of thiocarbonyl (C=S) groups is 4. The van der Waals surface area contributed by atoms with Crippen LogP contribution in [-0.4, -0.2) is 119 Å². The number of hydrogen-bond acceptors (Lipinski definition) is 10. The second-order valence-electron chi connectivity index (χ2n) is 10.7. The zero-order chi connectivity index (χ0) is 33.6. The fourth-order valence-corrected chi connectivity index (χ4v) is 5.96. The van der Waals surface area contributed by atoms with Crippen LogP contribution in [0.1, 0.15) is 46.5 Å². The van der Waals surface area contributed by atoms with E-state index < -0.39 is 0 Å². The minimum atomic E-state index is -0.124. The van der Waals surface area contributed by atoms with Crippen molar-refractivity contribution in [2.24, 2.45) is 32.2 Å². The number of hydrogen-bond donors (Lipinski definition) is 7. The maximum Gasteiger partial charge on any atom is 0.223 e. The van der Waals surface area contributed by atoms with Gasteiger partial charge in [-0.05, 0) is 75.6 Å². The third kappa shape index (κ3) is 10.4. The smallest absolute Gasteiger partial charge is 0.223 e. The molecule has 0 aromatic rings. The van der Waals surface area contributed by atoms with Crippen LogP contribution in [0.15, 0.2) is 20.4 Å². The summed E-state index contributed by atoms with van der Waals surface area (Å²) in [6.45, 7) is 9.61. The van der Waals surface area contributed by atoms with Gasteiger partial charge in [-0.15, -0.1) is 0 Å². The number of ether oxygens (including phenoxy) is 1. The molecule has 0 spiro atoms. The van der Waals surface area contributed by atoms with Crippen molar-refractivity contribution in [3.05, 3.63) is 0 Å². The molecule has 1 amide bonds. The molecule has 1 saturated heterocycles. The van der Waals surface area contributed by atoms with E-state index in [0.29, 0.717) is 84.8 Å². The highest BCUT2D eigenvalue weighted by molar-refractivity contribution is 7.80. The van der Waals surface area contributed by atoms with E-state index in [1.807, 2.05) is 18.7 Å². The van der Waals surface area contributed by atoms with Gasteiger partial charge in [-0.1, -0.05) is 6.92 Å². The predicted molar refractivity (Wildman–Crippen MR) is 199 cm³/mol. The second-order valence-corrected chi connectivity index (χ2v) is 12.3. The molecule has 0 aromatic heterocycles. The Kier molecular flexibility index (Phi) is 15.3. The summed E-state index contributed by atoms with van der Waals surface area (Å²) in [5.41, 5.74) is 14.6. The van der Waals surface area contributed by atoms with E-state index in [9.17, 15) is 4.79 Å². The van der Waals surface area contributed by atoms with Gasteiger partial charge in [0.1, 0.15) is 0 Å². The van der Waals surface area contributed by atoms with E-state index in [1.54, 1.807) is 14.1 Å². The van der Waals surface area contributed by atoms with Gasteiger partial charge in [0.25, 0.3) is 0 Å². The number of hydrazone groups is 4. The summed E-state index contributed by atoms with van der Waals surface area (Å²) in [7, 11) is 3.44. The zero-order valence-corrected chi connectivity index (χ0v) is 30.2. The zero-order valence-electron chi connectivity index (χ0n) is 26.9. The van der Waals surface area contributed by atoms with Crippen molar-refractivity contribution in [1.29, 1.82) is 0 Å². The molecule has 254 valence electrons. The van der Waals surface area contributed by atoms with Gasteiger partial charge in [0.05, 0.1) is 36.1 Å². The first-order valence-corrected chi connectivity index (χ1v) is 17.0. The Morgan fingerprint density at radius 2 is 1.50 bits per heavy atom. The summed E-state index contributed by atoms with van der Waals surface area (Å²) in [6, 6.07) is -0.0767. The van der Waals surface area contributed by atoms with Crippen LogP contribution < -0.4 is 37.7 Å². The summed E-state index contributed by atoms with van der Waals surface area (Å²) in [6.07, 6.45) is 2.26. The highest BCUT2D eigenvalue weighted by atomic mass is 32.1. The van der Waals surface area contributed by atoms with Crippen molar-refractivity contribution in [3.8, 4) is 0 Å². The minimum Gasteiger partial charge on any atom is -0.378 e. The molecule has 3 rings (SSSR count). The maximum absolute atomic E-state index is 13.2.